The number of benzene rings is 3. The molecule has 10 heteroatoms. The van der Waals surface area contributed by atoms with Gasteiger partial charge in [0.25, 0.3) is 5.91 Å². The number of ether oxygens (including phenoxy) is 1. The molecule has 3 N–H and O–H groups in total. The minimum absolute atomic E-state index is 0.226. The molecule has 39 heavy (non-hydrogen) atoms. The summed E-state index contributed by atoms with van der Waals surface area (Å²) in [6.45, 7) is 5.98. The average molecular weight is 538 g/mol. The summed E-state index contributed by atoms with van der Waals surface area (Å²) in [5.74, 6) is 1.68. The fourth-order valence-corrected chi connectivity index (χ4v) is 4.75. The van der Waals surface area contributed by atoms with E-state index < -0.39 is 0 Å². The first-order valence-electron chi connectivity index (χ1n) is 12.5. The van der Waals surface area contributed by atoms with Crippen LogP contribution in [0.2, 0.25) is 0 Å². The molecule has 0 aliphatic carbocycles. The number of hydrogen-bond acceptors (Lipinski definition) is 8. The lowest BCUT2D eigenvalue weighted by molar-refractivity contribution is 0.102. The lowest BCUT2D eigenvalue weighted by atomic mass is 10.1. The minimum Gasteiger partial charge on any atom is -0.496 e. The maximum Gasteiger partial charge on any atom is 0.255 e. The van der Waals surface area contributed by atoms with Crippen LogP contribution in [0.5, 0.6) is 5.75 Å². The number of anilines is 3. The minimum atomic E-state index is -0.226. The number of aryl methyl sites for hydroxylation is 1. The van der Waals surface area contributed by atoms with Crippen LogP contribution in [-0.4, -0.2) is 38.2 Å². The molecule has 0 unspecified atom stereocenters. The van der Waals surface area contributed by atoms with Gasteiger partial charge in [0.05, 0.1) is 24.3 Å². The van der Waals surface area contributed by atoms with Crippen molar-refractivity contribution in [1.82, 2.24) is 25.1 Å². The largest absolute Gasteiger partial charge is 0.496 e. The number of aromatic amines is 1. The molecule has 196 valence electrons. The molecule has 1 amide bonds. The molecule has 0 bridgehead atoms. The summed E-state index contributed by atoms with van der Waals surface area (Å²) in [6.07, 6.45) is 1.72. The SMILES string of the molecule is CC.COc1ccc(Nc2nc(-c3cccc(C(=O)Nc4ccc5[nH]ncc5c4)c3)nc3scnc23)cc1C. The van der Waals surface area contributed by atoms with Crippen LogP contribution in [0.15, 0.2) is 72.4 Å². The van der Waals surface area contributed by atoms with E-state index in [9.17, 15) is 4.79 Å². The van der Waals surface area contributed by atoms with Crippen LogP contribution in [0.1, 0.15) is 29.8 Å². The molecule has 0 spiro atoms. The first kappa shape index (κ1) is 25.8. The van der Waals surface area contributed by atoms with E-state index in [4.69, 9.17) is 14.7 Å². The Bertz CT molecular complexity index is 1780. The number of carbonyl (C=O) groups excluding carboxylic acids is 1. The van der Waals surface area contributed by atoms with Gasteiger partial charge in [0, 0.05) is 27.9 Å². The quantitative estimate of drug-likeness (QED) is 0.210. The van der Waals surface area contributed by atoms with Gasteiger partial charge in [-0.2, -0.15) is 5.10 Å². The molecule has 3 aromatic carbocycles. The molecule has 0 saturated heterocycles. The highest BCUT2D eigenvalue weighted by Crippen LogP contribution is 2.30. The Morgan fingerprint density at radius 2 is 1.85 bits per heavy atom. The van der Waals surface area contributed by atoms with E-state index in [1.54, 1.807) is 30.9 Å². The predicted molar refractivity (Wildman–Crippen MR) is 157 cm³/mol. The third-order valence-electron chi connectivity index (χ3n) is 5.94. The Hall–Kier alpha value is -4.83. The summed E-state index contributed by atoms with van der Waals surface area (Å²) < 4.78 is 5.37. The highest BCUT2D eigenvalue weighted by atomic mass is 32.1. The number of aromatic nitrogens is 5. The number of hydrogen-bond donors (Lipinski definition) is 3. The second-order valence-electron chi connectivity index (χ2n) is 8.42. The molecule has 3 aromatic heterocycles. The molecule has 6 rings (SSSR count). The summed E-state index contributed by atoms with van der Waals surface area (Å²) in [7, 11) is 1.65. The van der Waals surface area contributed by atoms with E-state index in [-0.39, 0.29) is 5.91 Å². The van der Waals surface area contributed by atoms with Gasteiger partial charge in [-0.15, -0.1) is 11.3 Å². The number of nitrogens with one attached hydrogen (secondary N) is 3. The first-order valence-corrected chi connectivity index (χ1v) is 13.3. The van der Waals surface area contributed by atoms with Crippen molar-refractivity contribution in [3.63, 3.8) is 0 Å². The smallest absolute Gasteiger partial charge is 0.255 e. The van der Waals surface area contributed by atoms with Crippen LogP contribution in [0.25, 0.3) is 32.6 Å². The summed E-state index contributed by atoms with van der Waals surface area (Å²) in [5.41, 5.74) is 7.11. The van der Waals surface area contributed by atoms with Gasteiger partial charge in [-0.1, -0.05) is 26.0 Å². The second kappa shape index (κ2) is 11.3. The first-order chi connectivity index (χ1) is 19.1. The number of carbonyl (C=O) groups is 1. The molecular weight excluding hydrogens is 510 g/mol. The van der Waals surface area contributed by atoms with Crippen molar-refractivity contribution in [2.45, 2.75) is 20.8 Å². The van der Waals surface area contributed by atoms with Gasteiger partial charge in [-0.3, -0.25) is 9.89 Å². The maximum atomic E-state index is 13.0. The molecule has 9 nitrogen and oxygen atoms in total. The van der Waals surface area contributed by atoms with Crippen LogP contribution in [0.3, 0.4) is 0 Å². The molecule has 0 fully saturated rings. The van der Waals surface area contributed by atoms with E-state index >= 15 is 0 Å². The van der Waals surface area contributed by atoms with Crippen molar-refractivity contribution in [3.8, 4) is 17.1 Å². The van der Waals surface area contributed by atoms with Crippen LogP contribution < -0.4 is 15.4 Å². The van der Waals surface area contributed by atoms with Crippen molar-refractivity contribution < 1.29 is 9.53 Å². The Balaban J connectivity index is 0.00000151. The van der Waals surface area contributed by atoms with Gasteiger partial charge in [-0.25, -0.2) is 15.0 Å². The fourth-order valence-electron chi connectivity index (χ4n) is 4.09. The Labute approximate surface area is 229 Å². The molecule has 0 atom stereocenters. The van der Waals surface area contributed by atoms with Gasteiger partial charge < -0.3 is 15.4 Å². The van der Waals surface area contributed by atoms with Crippen molar-refractivity contribution in [2.24, 2.45) is 0 Å². The summed E-state index contributed by atoms with van der Waals surface area (Å²) >= 11 is 1.43. The van der Waals surface area contributed by atoms with Crippen molar-refractivity contribution >= 4 is 55.7 Å². The topological polar surface area (TPSA) is 118 Å². The average Bonchev–Trinajstić information content (AvgIpc) is 3.64. The lowest BCUT2D eigenvalue weighted by Gasteiger charge is -2.11. The number of methoxy groups -OCH3 is 1. The van der Waals surface area contributed by atoms with Gasteiger partial charge in [-0.05, 0) is 61.0 Å². The maximum absolute atomic E-state index is 13.0. The third-order valence-corrected chi connectivity index (χ3v) is 6.66. The van der Waals surface area contributed by atoms with E-state index in [1.165, 1.54) is 11.3 Å². The molecule has 0 saturated carbocycles. The summed E-state index contributed by atoms with van der Waals surface area (Å²) in [5, 5.41) is 14.2. The van der Waals surface area contributed by atoms with Crippen molar-refractivity contribution in [3.05, 3.63) is 83.5 Å². The number of nitrogens with zero attached hydrogens (tertiary/aromatic N) is 4. The molecule has 3 heterocycles. The van der Waals surface area contributed by atoms with E-state index in [2.05, 4.69) is 25.8 Å². The van der Waals surface area contributed by atoms with Crippen LogP contribution >= 0.6 is 11.3 Å². The lowest BCUT2D eigenvalue weighted by Crippen LogP contribution is -2.12. The molecule has 0 aliphatic rings. The Kier molecular flexibility index (Phi) is 7.46. The van der Waals surface area contributed by atoms with Crippen LogP contribution in [0, 0.1) is 6.92 Å². The zero-order valence-electron chi connectivity index (χ0n) is 21.9. The van der Waals surface area contributed by atoms with Crippen molar-refractivity contribution in [2.75, 3.05) is 17.7 Å². The van der Waals surface area contributed by atoms with Gasteiger partial charge >= 0.3 is 0 Å². The monoisotopic (exact) mass is 537 g/mol. The number of rotatable bonds is 6. The number of H-pyrrole nitrogens is 1. The Morgan fingerprint density at radius 3 is 2.67 bits per heavy atom. The summed E-state index contributed by atoms with van der Waals surface area (Å²) in [6, 6.07) is 18.7. The van der Waals surface area contributed by atoms with Crippen LogP contribution in [0.4, 0.5) is 17.2 Å². The molecule has 0 radical (unpaired) electrons. The highest BCUT2D eigenvalue weighted by molar-refractivity contribution is 7.16. The number of amides is 1. The fraction of sp³-hybridized carbons (Fsp3) is 0.138. The standard InChI is InChI=1S/C27H21N7O2S.C2H6/c1-15-10-19(7-9-22(15)36-2)30-25-23-27(37-14-28-23)33-24(32-25)16-4-3-5-17(11-16)26(35)31-20-6-8-21-18(12-20)13-29-34-21;1-2/h3-14H,1-2H3,(H,29,34)(H,31,35)(H,30,32,33);1-2H3. The van der Waals surface area contributed by atoms with E-state index in [1.807, 2.05) is 69.3 Å². The normalized spacial score (nSPS) is 10.7. The molecular formula is C29H27N7O2S. The van der Waals surface area contributed by atoms with E-state index in [0.29, 0.717) is 28.4 Å². The van der Waals surface area contributed by atoms with Crippen LogP contribution in [-0.2, 0) is 0 Å². The third kappa shape index (κ3) is 5.41. The molecule has 0 aliphatic heterocycles. The van der Waals surface area contributed by atoms with Crippen molar-refractivity contribution in [1.29, 1.82) is 0 Å². The predicted octanol–water partition coefficient (Wildman–Crippen LogP) is 6.97. The zero-order chi connectivity index (χ0) is 27.4. The summed E-state index contributed by atoms with van der Waals surface area (Å²) in [4.78, 5) is 27.7. The van der Waals surface area contributed by atoms with Gasteiger partial charge in [0.2, 0.25) is 0 Å². The van der Waals surface area contributed by atoms with Gasteiger partial charge in [0.15, 0.2) is 11.6 Å². The van der Waals surface area contributed by atoms with Gasteiger partial charge in [0.1, 0.15) is 16.1 Å². The molecule has 6 aromatic rings. The second-order valence-corrected chi connectivity index (χ2v) is 9.25. The number of thiazole rings is 1. The Morgan fingerprint density at radius 1 is 1.00 bits per heavy atom. The highest BCUT2D eigenvalue weighted by Gasteiger charge is 2.15. The van der Waals surface area contributed by atoms with E-state index in [0.717, 1.165) is 38.3 Å². The zero-order valence-corrected chi connectivity index (χ0v) is 22.8. The number of fused-ring (bicyclic) bond motifs is 2.